The van der Waals surface area contributed by atoms with Crippen LogP contribution in [0.2, 0.25) is 0 Å². The van der Waals surface area contributed by atoms with E-state index in [1.54, 1.807) is 14.2 Å². The van der Waals surface area contributed by atoms with E-state index in [0.29, 0.717) is 5.92 Å². The van der Waals surface area contributed by atoms with Crippen molar-refractivity contribution in [1.82, 2.24) is 10.2 Å². The molecule has 0 aromatic heterocycles. The molecule has 6 heteroatoms. The van der Waals surface area contributed by atoms with E-state index in [4.69, 9.17) is 9.47 Å². The SMILES string of the molecule is COc1ccc(CC2CCN(C(=O)C3(OC)CCNCC3)CC2)cc1.Cl. The lowest BCUT2D eigenvalue weighted by atomic mass is 9.87. The number of ether oxygens (including phenoxy) is 2. The Labute approximate surface area is 162 Å². The molecule has 5 nitrogen and oxygen atoms in total. The molecule has 0 unspecified atom stereocenters. The number of piperidine rings is 2. The molecule has 0 bridgehead atoms. The average Bonchev–Trinajstić information content (AvgIpc) is 2.69. The molecule has 26 heavy (non-hydrogen) atoms. The quantitative estimate of drug-likeness (QED) is 0.850. The third-order valence-corrected chi connectivity index (χ3v) is 5.78. The summed E-state index contributed by atoms with van der Waals surface area (Å²) < 4.78 is 10.9. The van der Waals surface area contributed by atoms with Crippen LogP contribution in [-0.2, 0) is 16.0 Å². The smallest absolute Gasteiger partial charge is 0.254 e. The zero-order valence-electron chi connectivity index (χ0n) is 15.8. The van der Waals surface area contributed by atoms with Crippen LogP contribution in [0, 0.1) is 5.92 Å². The van der Waals surface area contributed by atoms with Crippen molar-refractivity contribution in [3.63, 3.8) is 0 Å². The van der Waals surface area contributed by atoms with E-state index >= 15 is 0 Å². The van der Waals surface area contributed by atoms with Crippen molar-refractivity contribution < 1.29 is 14.3 Å². The fourth-order valence-electron chi connectivity index (χ4n) is 4.06. The number of hydrogen-bond donors (Lipinski definition) is 1. The highest BCUT2D eigenvalue weighted by atomic mass is 35.5. The van der Waals surface area contributed by atoms with Crippen molar-refractivity contribution in [3.05, 3.63) is 29.8 Å². The van der Waals surface area contributed by atoms with E-state index in [1.165, 1.54) is 5.56 Å². The highest BCUT2D eigenvalue weighted by molar-refractivity contribution is 5.86. The maximum Gasteiger partial charge on any atom is 0.254 e. The van der Waals surface area contributed by atoms with Crippen LogP contribution in [0.4, 0.5) is 0 Å². The molecule has 146 valence electrons. The Balaban J connectivity index is 0.00000243. The van der Waals surface area contributed by atoms with Gasteiger partial charge in [-0.2, -0.15) is 0 Å². The summed E-state index contributed by atoms with van der Waals surface area (Å²) in [5.74, 6) is 1.74. The molecule has 2 aliphatic rings. The molecular formula is C20H31ClN2O3. The minimum atomic E-state index is -0.603. The number of methoxy groups -OCH3 is 2. The fraction of sp³-hybridized carbons (Fsp3) is 0.650. The van der Waals surface area contributed by atoms with Crippen molar-refractivity contribution in [2.45, 2.75) is 37.7 Å². The maximum atomic E-state index is 13.0. The number of hydrogen-bond acceptors (Lipinski definition) is 4. The van der Waals surface area contributed by atoms with Crippen molar-refractivity contribution >= 4 is 18.3 Å². The number of halogens is 1. The summed E-state index contributed by atoms with van der Waals surface area (Å²) in [7, 11) is 3.37. The number of benzene rings is 1. The van der Waals surface area contributed by atoms with Crippen LogP contribution in [0.15, 0.2) is 24.3 Å². The van der Waals surface area contributed by atoms with Crippen molar-refractivity contribution in [3.8, 4) is 5.75 Å². The van der Waals surface area contributed by atoms with Gasteiger partial charge in [0.05, 0.1) is 7.11 Å². The number of likely N-dealkylation sites (tertiary alicyclic amines) is 1. The predicted octanol–water partition coefficient (Wildman–Crippen LogP) is 2.67. The standard InChI is InChI=1S/C20H30N2O3.ClH/c1-24-18-5-3-16(4-6-18)15-17-7-13-22(14-8-17)19(23)20(25-2)9-11-21-12-10-20;/h3-6,17,21H,7-15H2,1-2H3;1H. The van der Waals surface area contributed by atoms with Gasteiger partial charge < -0.3 is 19.7 Å². The van der Waals surface area contributed by atoms with Crippen molar-refractivity contribution in [1.29, 1.82) is 0 Å². The Morgan fingerprint density at radius 2 is 1.77 bits per heavy atom. The zero-order valence-corrected chi connectivity index (χ0v) is 16.6. The monoisotopic (exact) mass is 382 g/mol. The summed E-state index contributed by atoms with van der Waals surface area (Å²) in [6, 6.07) is 8.33. The molecule has 1 N–H and O–H groups in total. The second-order valence-corrected chi connectivity index (χ2v) is 7.24. The first-order valence-corrected chi connectivity index (χ1v) is 9.35. The third kappa shape index (κ3) is 4.70. The van der Waals surface area contributed by atoms with Gasteiger partial charge in [0.25, 0.3) is 5.91 Å². The molecule has 3 rings (SSSR count). The largest absolute Gasteiger partial charge is 0.497 e. The lowest BCUT2D eigenvalue weighted by Gasteiger charge is -2.41. The first-order chi connectivity index (χ1) is 12.2. The summed E-state index contributed by atoms with van der Waals surface area (Å²) in [5, 5.41) is 3.31. The molecule has 2 aliphatic heterocycles. The van der Waals surface area contributed by atoms with Crippen molar-refractivity contribution in [2.75, 3.05) is 40.4 Å². The Hall–Kier alpha value is -1.30. The molecule has 2 heterocycles. The second kappa shape index (κ2) is 9.58. The van der Waals surface area contributed by atoms with Crippen LogP contribution >= 0.6 is 12.4 Å². The van der Waals surface area contributed by atoms with Crippen LogP contribution in [0.5, 0.6) is 5.75 Å². The number of nitrogens with zero attached hydrogens (tertiary/aromatic N) is 1. The van der Waals surface area contributed by atoms with E-state index in [2.05, 4.69) is 17.4 Å². The van der Waals surface area contributed by atoms with Gasteiger partial charge in [-0.3, -0.25) is 4.79 Å². The second-order valence-electron chi connectivity index (χ2n) is 7.24. The van der Waals surface area contributed by atoms with Gasteiger partial charge in [-0.05, 0) is 68.8 Å². The number of carbonyl (C=O) groups excluding carboxylic acids is 1. The van der Waals surface area contributed by atoms with Gasteiger partial charge in [0.2, 0.25) is 0 Å². The molecule has 1 aromatic rings. The molecule has 0 aliphatic carbocycles. The molecule has 0 spiro atoms. The summed E-state index contributed by atoms with van der Waals surface area (Å²) in [5.41, 5.74) is 0.742. The highest BCUT2D eigenvalue weighted by Crippen LogP contribution is 2.29. The average molecular weight is 383 g/mol. The summed E-state index contributed by atoms with van der Waals surface area (Å²) in [6.45, 7) is 3.40. The van der Waals surface area contributed by atoms with Gasteiger partial charge >= 0.3 is 0 Å². The van der Waals surface area contributed by atoms with Gasteiger partial charge in [-0.25, -0.2) is 0 Å². The van der Waals surface area contributed by atoms with E-state index in [0.717, 1.165) is 64.0 Å². The van der Waals surface area contributed by atoms with Gasteiger partial charge in [0.15, 0.2) is 0 Å². The van der Waals surface area contributed by atoms with Crippen LogP contribution in [0.25, 0.3) is 0 Å². The molecule has 2 fully saturated rings. The van der Waals surface area contributed by atoms with Crippen LogP contribution in [-0.4, -0.2) is 56.8 Å². The number of nitrogens with one attached hydrogen (secondary N) is 1. The summed E-state index contributed by atoms with van der Waals surface area (Å²) in [6.07, 6.45) is 4.75. The Bertz CT molecular complexity index is 565. The van der Waals surface area contributed by atoms with E-state index < -0.39 is 5.60 Å². The molecular weight excluding hydrogens is 352 g/mol. The third-order valence-electron chi connectivity index (χ3n) is 5.78. The minimum Gasteiger partial charge on any atom is -0.497 e. The predicted molar refractivity (Wildman–Crippen MR) is 105 cm³/mol. The van der Waals surface area contributed by atoms with Gasteiger partial charge in [-0.15, -0.1) is 12.4 Å². The Morgan fingerprint density at radius 3 is 2.31 bits per heavy atom. The number of rotatable bonds is 5. The van der Waals surface area contributed by atoms with E-state index in [9.17, 15) is 4.79 Å². The fourth-order valence-corrected chi connectivity index (χ4v) is 4.06. The topological polar surface area (TPSA) is 50.8 Å². The molecule has 1 aromatic carbocycles. The minimum absolute atomic E-state index is 0. The molecule has 0 radical (unpaired) electrons. The van der Waals surface area contributed by atoms with Gasteiger partial charge in [-0.1, -0.05) is 12.1 Å². The molecule has 1 amide bonds. The van der Waals surface area contributed by atoms with E-state index in [1.807, 2.05) is 17.0 Å². The Morgan fingerprint density at radius 1 is 1.15 bits per heavy atom. The van der Waals surface area contributed by atoms with Crippen LogP contribution in [0.1, 0.15) is 31.2 Å². The number of amides is 1. The molecule has 0 saturated carbocycles. The zero-order chi connectivity index (χ0) is 17.7. The molecule has 2 saturated heterocycles. The Kier molecular flexibility index (Phi) is 7.74. The summed E-state index contributed by atoms with van der Waals surface area (Å²) >= 11 is 0. The van der Waals surface area contributed by atoms with Crippen LogP contribution in [0.3, 0.4) is 0 Å². The first-order valence-electron chi connectivity index (χ1n) is 9.35. The van der Waals surface area contributed by atoms with Gasteiger partial charge in [0, 0.05) is 20.2 Å². The lowest BCUT2D eigenvalue weighted by molar-refractivity contribution is -0.159. The normalized spacial score (nSPS) is 20.3. The molecule has 0 atom stereocenters. The van der Waals surface area contributed by atoms with Crippen molar-refractivity contribution in [2.24, 2.45) is 5.92 Å². The van der Waals surface area contributed by atoms with Gasteiger partial charge in [0.1, 0.15) is 11.4 Å². The maximum absolute atomic E-state index is 13.0. The summed E-state index contributed by atoms with van der Waals surface area (Å²) in [4.78, 5) is 15.0. The van der Waals surface area contributed by atoms with E-state index in [-0.39, 0.29) is 18.3 Å². The first kappa shape index (κ1) is 21.0. The number of carbonyl (C=O) groups is 1. The lowest BCUT2D eigenvalue weighted by Crippen LogP contribution is -2.56. The van der Waals surface area contributed by atoms with Crippen LogP contribution < -0.4 is 10.1 Å². The highest BCUT2D eigenvalue weighted by Gasteiger charge is 2.43.